The van der Waals surface area contributed by atoms with Crippen molar-refractivity contribution >= 4 is 28.9 Å². The van der Waals surface area contributed by atoms with Crippen molar-refractivity contribution in [3.05, 3.63) is 29.8 Å². The molecule has 1 rings (SSSR count). The van der Waals surface area contributed by atoms with Gasteiger partial charge in [-0.3, -0.25) is 0 Å². The molecule has 0 bridgehead atoms. The first-order valence-electron chi connectivity index (χ1n) is 4.71. The Bertz CT molecular complexity index is 252. The fraction of sp³-hybridized carbons (Fsp3) is 0.455. The molecule has 0 aliphatic rings. The van der Waals surface area contributed by atoms with Crippen LogP contribution in [0.1, 0.15) is 5.56 Å². The lowest BCUT2D eigenvalue weighted by atomic mass is 10.2. The molecule has 0 amide bonds. The number of rotatable bonds is 5. The second-order valence-corrected chi connectivity index (χ2v) is 3.96. The van der Waals surface area contributed by atoms with Crippen LogP contribution in [0.25, 0.3) is 0 Å². The highest BCUT2D eigenvalue weighted by atomic mass is 35.5. The van der Waals surface area contributed by atoms with Crippen molar-refractivity contribution in [2.75, 3.05) is 29.7 Å². The Morgan fingerprint density at radius 3 is 1.93 bits per heavy atom. The Balaban J connectivity index is 2.71. The van der Waals surface area contributed by atoms with E-state index in [1.54, 1.807) is 0 Å². The van der Waals surface area contributed by atoms with Gasteiger partial charge in [-0.1, -0.05) is 17.7 Å². The molecule has 0 fully saturated rings. The number of alkyl halides is 2. The number of hydrogen-bond donors (Lipinski definition) is 0. The van der Waals surface area contributed by atoms with Crippen LogP contribution in [-0.2, 0) is 0 Å². The van der Waals surface area contributed by atoms with Crippen molar-refractivity contribution in [3.63, 3.8) is 0 Å². The van der Waals surface area contributed by atoms with Gasteiger partial charge in [0.25, 0.3) is 0 Å². The second kappa shape index (κ2) is 6.15. The minimum Gasteiger partial charge on any atom is -0.369 e. The van der Waals surface area contributed by atoms with E-state index in [0.717, 1.165) is 13.1 Å². The number of halogens is 2. The zero-order valence-electron chi connectivity index (χ0n) is 8.34. The lowest BCUT2D eigenvalue weighted by Gasteiger charge is -2.22. The molecule has 1 aromatic rings. The molecule has 0 aliphatic heterocycles. The maximum Gasteiger partial charge on any atom is 0.0399 e. The van der Waals surface area contributed by atoms with Gasteiger partial charge >= 0.3 is 0 Å². The molecule has 0 radical (unpaired) electrons. The van der Waals surface area contributed by atoms with E-state index < -0.39 is 0 Å². The van der Waals surface area contributed by atoms with Crippen LogP contribution in [-0.4, -0.2) is 24.8 Å². The molecule has 0 heterocycles. The fourth-order valence-corrected chi connectivity index (χ4v) is 1.74. The van der Waals surface area contributed by atoms with Crippen LogP contribution in [0.15, 0.2) is 24.3 Å². The molecular weight excluding hydrogens is 217 g/mol. The highest BCUT2D eigenvalue weighted by Crippen LogP contribution is 2.14. The van der Waals surface area contributed by atoms with Gasteiger partial charge in [-0.2, -0.15) is 0 Å². The Morgan fingerprint density at radius 2 is 1.50 bits per heavy atom. The van der Waals surface area contributed by atoms with E-state index in [1.165, 1.54) is 11.3 Å². The lowest BCUT2D eigenvalue weighted by molar-refractivity contribution is 0.874. The molecule has 0 aliphatic carbocycles. The van der Waals surface area contributed by atoms with E-state index in [2.05, 4.69) is 36.1 Å². The number of nitrogens with zero attached hydrogens (tertiary/aromatic N) is 1. The first-order valence-corrected chi connectivity index (χ1v) is 5.78. The number of hydrogen-bond acceptors (Lipinski definition) is 1. The Hall–Kier alpha value is -0.400. The van der Waals surface area contributed by atoms with Crippen LogP contribution in [0.3, 0.4) is 0 Å². The minimum absolute atomic E-state index is 0.630. The van der Waals surface area contributed by atoms with Gasteiger partial charge in [0.2, 0.25) is 0 Å². The lowest BCUT2D eigenvalue weighted by Crippen LogP contribution is -2.27. The first kappa shape index (κ1) is 11.7. The van der Waals surface area contributed by atoms with Gasteiger partial charge < -0.3 is 4.90 Å². The SMILES string of the molecule is Cc1ccc(N(CCCl)CCCl)cc1. The summed E-state index contributed by atoms with van der Waals surface area (Å²) in [4.78, 5) is 2.19. The van der Waals surface area contributed by atoms with Crippen molar-refractivity contribution in [1.29, 1.82) is 0 Å². The van der Waals surface area contributed by atoms with Gasteiger partial charge in [0.15, 0.2) is 0 Å². The summed E-state index contributed by atoms with van der Waals surface area (Å²) in [6.07, 6.45) is 0. The van der Waals surface area contributed by atoms with E-state index in [-0.39, 0.29) is 0 Å². The summed E-state index contributed by atoms with van der Waals surface area (Å²) in [5, 5.41) is 0. The van der Waals surface area contributed by atoms with E-state index in [4.69, 9.17) is 23.2 Å². The second-order valence-electron chi connectivity index (χ2n) is 3.20. The quantitative estimate of drug-likeness (QED) is 0.704. The minimum atomic E-state index is 0.630. The zero-order valence-corrected chi connectivity index (χ0v) is 9.85. The van der Waals surface area contributed by atoms with Crippen LogP contribution < -0.4 is 4.90 Å². The maximum absolute atomic E-state index is 5.73. The summed E-state index contributed by atoms with van der Waals surface area (Å²) in [7, 11) is 0. The summed E-state index contributed by atoms with van der Waals surface area (Å²) in [5.74, 6) is 1.26. The monoisotopic (exact) mass is 231 g/mol. The third-order valence-electron chi connectivity index (χ3n) is 2.11. The van der Waals surface area contributed by atoms with Gasteiger partial charge in [-0.15, -0.1) is 23.2 Å². The van der Waals surface area contributed by atoms with Gasteiger partial charge in [-0.05, 0) is 19.1 Å². The topological polar surface area (TPSA) is 3.24 Å². The van der Waals surface area contributed by atoms with E-state index in [0.29, 0.717) is 11.8 Å². The van der Waals surface area contributed by atoms with E-state index in [9.17, 15) is 0 Å². The van der Waals surface area contributed by atoms with Crippen LogP contribution >= 0.6 is 23.2 Å². The molecule has 0 atom stereocenters. The van der Waals surface area contributed by atoms with E-state index in [1.807, 2.05) is 0 Å². The highest BCUT2D eigenvalue weighted by Gasteiger charge is 2.03. The van der Waals surface area contributed by atoms with Crippen molar-refractivity contribution in [2.45, 2.75) is 6.92 Å². The normalized spacial score (nSPS) is 10.2. The Kier molecular flexibility index (Phi) is 5.13. The van der Waals surface area contributed by atoms with Crippen LogP contribution in [0.2, 0.25) is 0 Å². The third-order valence-corrected chi connectivity index (χ3v) is 2.45. The van der Waals surface area contributed by atoms with Gasteiger partial charge in [0, 0.05) is 30.5 Å². The molecule has 0 saturated heterocycles. The number of aryl methyl sites for hydroxylation is 1. The largest absolute Gasteiger partial charge is 0.369 e. The Labute approximate surface area is 95.6 Å². The third kappa shape index (κ3) is 3.39. The predicted molar refractivity (Wildman–Crippen MR) is 64.8 cm³/mol. The van der Waals surface area contributed by atoms with Crippen LogP contribution in [0.5, 0.6) is 0 Å². The molecule has 1 nitrogen and oxygen atoms in total. The smallest absolute Gasteiger partial charge is 0.0399 e. The van der Waals surface area contributed by atoms with Crippen molar-refractivity contribution in [3.8, 4) is 0 Å². The average Bonchev–Trinajstić information content (AvgIpc) is 2.19. The molecule has 0 aromatic heterocycles. The number of anilines is 1. The zero-order chi connectivity index (χ0) is 10.4. The molecular formula is C11H15Cl2N. The summed E-state index contributed by atoms with van der Waals surface area (Å²) in [5.41, 5.74) is 2.46. The molecule has 0 spiro atoms. The maximum atomic E-state index is 5.73. The highest BCUT2D eigenvalue weighted by molar-refractivity contribution is 6.18. The van der Waals surface area contributed by atoms with Crippen molar-refractivity contribution in [1.82, 2.24) is 0 Å². The van der Waals surface area contributed by atoms with Gasteiger partial charge in [0.05, 0.1) is 0 Å². The fourth-order valence-electron chi connectivity index (χ4n) is 1.33. The van der Waals surface area contributed by atoms with Gasteiger partial charge in [-0.25, -0.2) is 0 Å². The molecule has 14 heavy (non-hydrogen) atoms. The Morgan fingerprint density at radius 1 is 1.00 bits per heavy atom. The average molecular weight is 232 g/mol. The first-order chi connectivity index (χ1) is 6.77. The van der Waals surface area contributed by atoms with Gasteiger partial charge in [0.1, 0.15) is 0 Å². The molecule has 78 valence electrons. The predicted octanol–water partition coefficient (Wildman–Crippen LogP) is 3.28. The number of benzene rings is 1. The van der Waals surface area contributed by atoms with Crippen LogP contribution in [0.4, 0.5) is 5.69 Å². The molecule has 0 unspecified atom stereocenters. The molecule has 3 heteroatoms. The van der Waals surface area contributed by atoms with Crippen LogP contribution in [0, 0.1) is 6.92 Å². The van der Waals surface area contributed by atoms with E-state index >= 15 is 0 Å². The van der Waals surface area contributed by atoms with Crippen molar-refractivity contribution < 1.29 is 0 Å². The molecule has 1 aromatic carbocycles. The standard InChI is InChI=1S/C11H15Cl2N/c1-10-2-4-11(5-3-10)14(8-6-12)9-7-13/h2-5H,6-9H2,1H3. The molecule has 0 N–H and O–H groups in total. The van der Waals surface area contributed by atoms with Crippen molar-refractivity contribution in [2.24, 2.45) is 0 Å². The summed E-state index contributed by atoms with van der Waals surface area (Å²) < 4.78 is 0. The summed E-state index contributed by atoms with van der Waals surface area (Å²) in [6.45, 7) is 3.77. The summed E-state index contributed by atoms with van der Waals surface area (Å²) in [6, 6.07) is 8.42. The summed E-state index contributed by atoms with van der Waals surface area (Å²) >= 11 is 11.5. The molecule has 0 saturated carbocycles.